The van der Waals surface area contributed by atoms with Crippen molar-refractivity contribution in [1.29, 1.82) is 0 Å². The van der Waals surface area contributed by atoms with Gasteiger partial charge in [0.25, 0.3) is 0 Å². The van der Waals surface area contributed by atoms with E-state index in [1.807, 2.05) is 5.87 Å². The minimum Gasteiger partial charge on any atom is -0.763 e. The largest absolute Gasteiger partial charge is 0.763 e. The van der Waals surface area contributed by atoms with Crippen LogP contribution in [0.15, 0.2) is 41.1 Å². The van der Waals surface area contributed by atoms with E-state index < -0.39 is 23.4 Å². The average Bonchev–Trinajstić information content (AvgIpc) is 2.68. The summed E-state index contributed by atoms with van der Waals surface area (Å²) in [6.07, 6.45) is -4.60. The zero-order chi connectivity index (χ0) is 21.6. The summed E-state index contributed by atoms with van der Waals surface area (Å²) in [7, 11) is 0. The van der Waals surface area contributed by atoms with Gasteiger partial charge in [-0.05, 0) is 25.5 Å². The summed E-state index contributed by atoms with van der Waals surface area (Å²) in [4.78, 5) is 12.0. The highest BCUT2D eigenvalue weighted by atomic mass is 32.1. The second-order valence-corrected chi connectivity index (χ2v) is 6.98. The molecule has 156 valence electrons. The molecule has 2 aliphatic rings. The van der Waals surface area contributed by atoms with Crippen LogP contribution in [0.25, 0.3) is 5.41 Å². The van der Waals surface area contributed by atoms with Crippen molar-refractivity contribution in [3.05, 3.63) is 57.6 Å². The molecule has 5 nitrogen and oxygen atoms in total. The van der Waals surface area contributed by atoms with Crippen molar-refractivity contribution in [1.82, 2.24) is 5.32 Å². The van der Waals surface area contributed by atoms with Crippen molar-refractivity contribution in [2.45, 2.75) is 25.9 Å². The summed E-state index contributed by atoms with van der Waals surface area (Å²) >= 11 is 5.06. The molecule has 1 aromatic carbocycles. The summed E-state index contributed by atoms with van der Waals surface area (Å²) in [5, 5.41) is 14.3. The number of benzene rings is 1. The van der Waals surface area contributed by atoms with Crippen molar-refractivity contribution < 1.29 is 28.0 Å². The van der Waals surface area contributed by atoms with Crippen LogP contribution in [0.1, 0.15) is 30.9 Å². The lowest BCUT2D eigenvalue weighted by atomic mass is 9.78. The van der Waals surface area contributed by atoms with Crippen LogP contribution in [0.3, 0.4) is 0 Å². The Kier molecular flexibility index (Phi) is 7.87. The van der Waals surface area contributed by atoms with Gasteiger partial charge in [-0.15, -0.1) is 0 Å². The number of morpholine rings is 1. The third-order valence-electron chi connectivity index (χ3n) is 4.54. The maximum absolute atomic E-state index is 13.3. The van der Waals surface area contributed by atoms with Gasteiger partial charge < -0.3 is 20.8 Å². The monoisotopic (exact) mass is 425 g/mol. The molecule has 0 radical (unpaired) electrons. The maximum atomic E-state index is 13.3. The van der Waals surface area contributed by atoms with E-state index in [4.69, 9.17) is 17.0 Å². The van der Waals surface area contributed by atoms with E-state index in [0.29, 0.717) is 5.70 Å². The van der Waals surface area contributed by atoms with E-state index in [0.717, 1.165) is 32.4 Å². The second-order valence-electron chi connectivity index (χ2n) is 6.57. The van der Waals surface area contributed by atoms with Gasteiger partial charge >= 0.3 is 6.18 Å². The SMILES string of the molecule is C1COCC[NH2+]1.CC(=O)C1=C(C)NC(=S)C(=C=[N-])C1c1ccccc1C(F)(F)F. The first-order chi connectivity index (χ1) is 13.7. The van der Waals surface area contributed by atoms with Gasteiger partial charge in [0.15, 0.2) is 5.78 Å². The summed E-state index contributed by atoms with van der Waals surface area (Å²) < 4.78 is 45.0. The molecule has 1 saturated heterocycles. The summed E-state index contributed by atoms with van der Waals surface area (Å²) in [6, 6.07) is 4.91. The van der Waals surface area contributed by atoms with E-state index in [9.17, 15) is 23.4 Å². The zero-order valence-corrected chi connectivity index (χ0v) is 16.9. The number of hydrogen-bond acceptors (Lipinski definition) is 3. The minimum atomic E-state index is -4.60. The number of nitrogens with two attached hydrogens (primary N) is 1. The Balaban J connectivity index is 0.000000426. The Morgan fingerprint density at radius 2 is 1.93 bits per heavy atom. The standard InChI is InChI=1S/C16H12F3N2OS.C4H9NO/c1-8-13(9(2)22)14(11(7-20)15(23)21-8)10-5-3-4-6-12(10)16(17,18)19;1-3-6-4-2-5-1/h3-6,14H,1-2H3,(H,21,23);5H,1-4H2/q-1;/p+1. The predicted octanol–water partition coefficient (Wildman–Crippen LogP) is 2.33. The molecule has 3 rings (SSSR count). The van der Waals surface area contributed by atoms with Crippen LogP contribution < -0.4 is 10.6 Å². The average molecular weight is 425 g/mol. The fraction of sp³-hybridized carbons (Fsp3) is 0.400. The molecule has 1 unspecified atom stereocenters. The normalized spacial score (nSPS) is 19.7. The van der Waals surface area contributed by atoms with Gasteiger partial charge in [-0.3, -0.25) is 10.7 Å². The first-order valence-electron chi connectivity index (χ1n) is 9.04. The van der Waals surface area contributed by atoms with Crippen LogP contribution in [-0.4, -0.2) is 42.9 Å². The third-order valence-corrected chi connectivity index (χ3v) is 4.86. The number of allylic oxidation sites excluding steroid dienone is 2. The third kappa shape index (κ3) is 5.61. The summed E-state index contributed by atoms with van der Waals surface area (Å²) in [5.74, 6) is 0.314. The first-order valence-corrected chi connectivity index (χ1v) is 9.44. The van der Waals surface area contributed by atoms with Crippen molar-refractivity contribution in [3.8, 4) is 0 Å². The number of thiocarbonyl (C=S) groups is 1. The van der Waals surface area contributed by atoms with Crippen LogP contribution in [0.4, 0.5) is 13.2 Å². The lowest BCUT2D eigenvalue weighted by Crippen LogP contribution is -2.87. The molecular weight excluding hydrogens is 403 g/mol. The number of carbonyl (C=O) groups is 1. The Hall–Kier alpha value is -2.32. The number of hydrogen-bond donors (Lipinski definition) is 2. The lowest BCUT2D eigenvalue weighted by Gasteiger charge is -2.32. The van der Waals surface area contributed by atoms with E-state index >= 15 is 0 Å². The molecule has 2 heterocycles. The summed E-state index contributed by atoms with van der Waals surface area (Å²) in [5.41, 5.74) is -0.609. The molecular formula is C20H22F3N3O2S. The Morgan fingerprint density at radius 1 is 1.31 bits per heavy atom. The van der Waals surface area contributed by atoms with Crippen molar-refractivity contribution in [3.63, 3.8) is 0 Å². The number of alkyl halides is 3. The molecule has 0 aromatic heterocycles. The van der Waals surface area contributed by atoms with E-state index in [1.54, 1.807) is 6.92 Å². The van der Waals surface area contributed by atoms with Crippen molar-refractivity contribution in [2.24, 2.45) is 0 Å². The molecule has 2 aliphatic heterocycles. The van der Waals surface area contributed by atoms with Crippen LogP contribution in [0, 0.1) is 0 Å². The molecule has 0 aliphatic carbocycles. The molecule has 1 fully saturated rings. The van der Waals surface area contributed by atoms with E-state index in [2.05, 4.69) is 10.6 Å². The van der Waals surface area contributed by atoms with Crippen molar-refractivity contribution in [2.75, 3.05) is 26.3 Å². The zero-order valence-electron chi connectivity index (χ0n) is 16.1. The molecule has 1 aromatic rings. The highest BCUT2D eigenvalue weighted by molar-refractivity contribution is 7.80. The van der Waals surface area contributed by atoms with Gasteiger partial charge in [0, 0.05) is 22.8 Å². The van der Waals surface area contributed by atoms with Crippen molar-refractivity contribution >= 4 is 28.9 Å². The number of nitrogens with zero attached hydrogens (tertiary/aromatic N) is 1. The number of ketones is 1. The molecule has 3 N–H and O–H groups in total. The highest BCUT2D eigenvalue weighted by Crippen LogP contribution is 2.42. The number of ether oxygens (including phenoxy) is 1. The molecule has 29 heavy (non-hydrogen) atoms. The quantitative estimate of drug-likeness (QED) is 0.433. The number of carbonyl (C=O) groups excluding carboxylic acids is 1. The molecule has 0 bridgehead atoms. The Morgan fingerprint density at radius 3 is 2.38 bits per heavy atom. The Labute approximate surface area is 172 Å². The van der Waals surface area contributed by atoms with Gasteiger partial charge in [0.05, 0.1) is 31.9 Å². The molecule has 0 amide bonds. The number of Topliss-reactive ketones (excluding diaryl/α,β-unsaturated/α-hetero) is 1. The van der Waals surface area contributed by atoms with Crippen LogP contribution >= 0.6 is 12.2 Å². The number of halogens is 3. The number of rotatable bonds is 2. The van der Waals surface area contributed by atoms with Gasteiger partial charge in [-0.25, -0.2) is 0 Å². The topological polar surface area (TPSA) is 77.2 Å². The predicted molar refractivity (Wildman–Crippen MR) is 108 cm³/mol. The van der Waals surface area contributed by atoms with Crippen LogP contribution in [0.5, 0.6) is 0 Å². The van der Waals surface area contributed by atoms with Gasteiger partial charge in [-0.2, -0.15) is 13.2 Å². The van der Waals surface area contributed by atoms with Gasteiger partial charge in [0.2, 0.25) is 0 Å². The van der Waals surface area contributed by atoms with E-state index in [1.165, 1.54) is 25.1 Å². The highest BCUT2D eigenvalue weighted by Gasteiger charge is 2.39. The number of nitrogens with one attached hydrogen (secondary N) is 1. The fourth-order valence-electron chi connectivity index (χ4n) is 3.28. The number of quaternary nitrogens is 1. The van der Waals surface area contributed by atoms with Crippen LogP contribution in [0.2, 0.25) is 0 Å². The molecule has 0 saturated carbocycles. The van der Waals surface area contributed by atoms with Gasteiger partial charge in [-0.1, -0.05) is 30.4 Å². The molecule has 1 atom stereocenters. The smallest absolute Gasteiger partial charge is 0.416 e. The molecule has 9 heteroatoms. The fourth-order valence-corrected chi connectivity index (χ4v) is 3.59. The Bertz CT molecular complexity index is 858. The second kappa shape index (κ2) is 9.93. The maximum Gasteiger partial charge on any atom is 0.416 e. The molecule has 0 spiro atoms. The minimum absolute atomic E-state index is 0.0389. The van der Waals surface area contributed by atoms with Gasteiger partial charge in [0.1, 0.15) is 4.99 Å². The first kappa shape index (κ1) is 23.0. The summed E-state index contributed by atoms with van der Waals surface area (Å²) in [6.45, 7) is 7.01. The van der Waals surface area contributed by atoms with Crippen LogP contribution in [-0.2, 0) is 15.7 Å². The van der Waals surface area contributed by atoms with E-state index in [-0.39, 0.29) is 21.7 Å². The lowest BCUT2D eigenvalue weighted by molar-refractivity contribution is -0.670.